The van der Waals surface area contributed by atoms with Gasteiger partial charge in [-0.05, 0) is 46.8 Å². The number of hydrogen-bond acceptors (Lipinski definition) is 2. The number of nitrogens with one attached hydrogen (secondary N) is 1. The summed E-state index contributed by atoms with van der Waals surface area (Å²) >= 11 is 5.42. The van der Waals surface area contributed by atoms with Gasteiger partial charge in [0, 0.05) is 15.4 Å². The average molecular weight is 276 g/mol. The Labute approximate surface area is 99.0 Å². The Morgan fingerprint density at radius 2 is 2.29 bits per heavy atom. The summed E-state index contributed by atoms with van der Waals surface area (Å²) in [6.45, 7) is 4.56. The van der Waals surface area contributed by atoms with Crippen molar-refractivity contribution in [1.82, 2.24) is 5.32 Å². The third-order valence-corrected chi connectivity index (χ3v) is 4.51. The minimum atomic E-state index is 0.490. The maximum atomic E-state index is 3.60. The fourth-order valence-electron chi connectivity index (χ4n) is 1.82. The van der Waals surface area contributed by atoms with Crippen molar-refractivity contribution in [3.05, 3.63) is 20.8 Å². The van der Waals surface area contributed by atoms with Crippen molar-refractivity contribution >= 4 is 27.3 Å². The molecule has 0 saturated heterocycles. The molecule has 0 amide bonds. The number of thiophene rings is 1. The highest BCUT2D eigenvalue weighted by Gasteiger charge is 2.19. The van der Waals surface area contributed by atoms with E-state index >= 15 is 0 Å². The molecule has 1 N–H and O–H groups in total. The maximum Gasteiger partial charge on any atom is 0.0449 e. The Hall–Kier alpha value is 0.140. The van der Waals surface area contributed by atoms with Crippen molar-refractivity contribution in [2.45, 2.75) is 32.7 Å². The van der Waals surface area contributed by atoms with Crippen LogP contribution < -0.4 is 5.32 Å². The summed E-state index contributed by atoms with van der Waals surface area (Å²) in [5.74, 6) is 0.694. The standard InChI is InChI=1S/C11H18BrNS/c1-4-5-8(2)10(13-3)11-9(12)6-7-14-11/h6-8,10,13H,4-5H2,1-3H3. The first-order valence-electron chi connectivity index (χ1n) is 5.10. The van der Waals surface area contributed by atoms with E-state index in [-0.39, 0.29) is 0 Å². The Bertz CT molecular complexity index is 272. The topological polar surface area (TPSA) is 12.0 Å². The first-order chi connectivity index (χ1) is 6.70. The van der Waals surface area contributed by atoms with E-state index in [4.69, 9.17) is 0 Å². The van der Waals surface area contributed by atoms with Gasteiger partial charge in [-0.2, -0.15) is 0 Å². The van der Waals surface area contributed by atoms with E-state index in [2.05, 4.69) is 46.5 Å². The van der Waals surface area contributed by atoms with Crippen molar-refractivity contribution in [2.24, 2.45) is 5.92 Å². The summed E-state index contributed by atoms with van der Waals surface area (Å²) in [4.78, 5) is 1.42. The van der Waals surface area contributed by atoms with Gasteiger partial charge in [0.1, 0.15) is 0 Å². The Morgan fingerprint density at radius 3 is 2.71 bits per heavy atom. The molecule has 0 aliphatic carbocycles. The lowest BCUT2D eigenvalue weighted by molar-refractivity contribution is 0.388. The molecule has 1 heterocycles. The predicted molar refractivity (Wildman–Crippen MR) is 67.9 cm³/mol. The zero-order chi connectivity index (χ0) is 10.6. The van der Waals surface area contributed by atoms with Crippen LogP contribution in [-0.4, -0.2) is 7.05 Å². The molecular formula is C11H18BrNS. The lowest BCUT2D eigenvalue weighted by Crippen LogP contribution is -2.22. The first-order valence-corrected chi connectivity index (χ1v) is 6.78. The molecule has 0 fully saturated rings. The number of hydrogen-bond donors (Lipinski definition) is 1. The predicted octanol–water partition coefficient (Wildman–Crippen LogP) is 4.21. The summed E-state index contributed by atoms with van der Waals surface area (Å²) in [5, 5.41) is 5.55. The van der Waals surface area contributed by atoms with Gasteiger partial charge < -0.3 is 5.32 Å². The Morgan fingerprint density at radius 1 is 1.57 bits per heavy atom. The van der Waals surface area contributed by atoms with Gasteiger partial charge in [-0.15, -0.1) is 11.3 Å². The van der Waals surface area contributed by atoms with Gasteiger partial charge in [-0.1, -0.05) is 20.3 Å². The van der Waals surface area contributed by atoms with Crippen LogP contribution in [0.15, 0.2) is 15.9 Å². The summed E-state index contributed by atoms with van der Waals surface area (Å²) in [6, 6.07) is 2.62. The molecule has 3 heteroatoms. The molecule has 0 aromatic carbocycles. The van der Waals surface area contributed by atoms with Crippen molar-refractivity contribution in [3.8, 4) is 0 Å². The fourth-order valence-corrected chi connectivity index (χ4v) is 3.69. The molecule has 0 bridgehead atoms. The number of rotatable bonds is 5. The average Bonchev–Trinajstić information content (AvgIpc) is 2.54. The summed E-state index contributed by atoms with van der Waals surface area (Å²) in [5.41, 5.74) is 0. The lowest BCUT2D eigenvalue weighted by atomic mass is 9.96. The van der Waals surface area contributed by atoms with E-state index in [0.29, 0.717) is 12.0 Å². The van der Waals surface area contributed by atoms with E-state index in [1.165, 1.54) is 22.2 Å². The monoisotopic (exact) mass is 275 g/mol. The van der Waals surface area contributed by atoms with E-state index in [1.54, 1.807) is 0 Å². The van der Waals surface area contributed by atoms with Crippen LogP contribution in [0.25, 0.3) is 0 Å². The van der Waals surface area contributed by atoms with E-state index in [1.807, 2.05) is 18.4 Å². The normalized spacial score (nSPS) is 15.4. The molecule has 1 aromatic rings. The van der Waals surface area contributed by atoms with Crippen molar-refractivity contribution < 1.29 is 0 Å². The second-order valence-corrected chi connectivity index (χ2v) is 5.47. The second-order valence-electron chi connectivity index (χ2n) is 3.67. The quantitative estimate of drug-likeness (QED) is 0.849. The second kappa shape index (κ2) is 5.89. The SMILES string of the molecule is CCCC(C)C(NC)c1sccc1Br. The smallest absolute Gasteiger partial charge is 0.0449 e. The van der Waals surface area contributed by atoms with Crippen LogP contribution in [0.5, 0.6) is 0 Å². The van der Waals surface area contributed by atoms with Crippen LogP contribution in [0.1, 0.15) is 37.6 Å². The summed E-state index contributed by atoms with van der Waals surface area (Å²) < 4.78 is 1.24. The van der Waals surface area contributed by atoms with Gasteiger partial charge in [0.25, 0.3) is 0 Å². The third-order valence-electron chi connectivity index (χ3n) is 2.55. The van der Waals surface area contributed by atoms with Crippen LogP contribution in [0.4, 0.5) is 0 Å². The zero-order valence-corrected chi connectivity index (χ0v) is 11.4. The largest absolute Gasteiger partial charge is 0.312 e. The Kier molecular flexibility index (Phi) is 5.13. The highest BCUT2D eigenvalue weighted by atomic mass is 79.9. The van der Waals surface area contributed by atoms with Crippen molar-refractivity contribution in [2.75, 3.05) is 7.05 Å². The molecular weight excluding hydrogens is 258 g/mol. The minimum Gasteiger partial charge on any atom is -0.312 e. The fraction of sp³-hybridized carbons (Fsp3) is 0.636. The molecule has 0 aliphatic rings. The molecule has 1 rings (SSSR count). The molecule has 80 valence electrons. The van der Waals surface area contributed by atoms with Gasteiger partial charge in [0.05, 0.1) is 0 Å². The molecule has 0 aliphatic heterocycles. The van der Waals surface area contributed by atoms with Crippen LogP contribution >= 0.6 is 27.3 Å². The van der Waals surface area contributed by atoms with E-state index in [0.717, 1.165) is 0 Å². The first kappa shape index (κ1) is 12.2. The van der Waals surface area contributed by atoms with Crippen LogP contribution in [-0.2, 0) is 0 Å². The maximum absolute atomic E-state index is 3.60. The lowest BCUT2D eigenvalue weighted by Gasteiger charge is -2.22. The minimum absolute atomic E-state index is 0.490. The molecule has 1 nitrogen and oxygen atoms in total. The Balaban J connectivity index is 2.76. The van der Waals surface area contributed by atoms with Gasteiger partial charge in [-0.3, -0.25) is 0 Å². The highest BCUT2D eigenvalue weighted by Crippen LogP contribution is 2.34. The van der Waals surface area contributed by atoms with Crippen molar-refractivity contribution in [3.63, 3.8) is 0 Å². The van der Waals surface area contributed by atoms with Crippen LogP contribution in [0.2, 0.25) is 0 Å². The molecule has 1 aromatic heterocycles. The molecule has 0 spiro atoms. The van der Waals surface area contributed by atoms with Crippen LogP contribution in [0.3, 0.4) is 0 Å². The molecule has 2 atom stereocenters. The van der Waals surface area contributed by atoms with Gasteiger partial charge in [0.15, 0.2) is 0 Å². The van der Waals surface area contributed by atoms with Crippen LogP contribution in [0, 0.1) is 5.92 Å². The highest BCUT2D eigenvalue weighted by molar-refractivity contribution is 9.10. The summed E-state index contributed by atoms with van der Waals surface area (Å²) in [7, 11) is 2.04. The molecule has 14 heavy (non-hydrogen) atoms. The van der Waals surface area contributed by atoms with E-state index < -0.39 is 0 Å². The van der Waals surface area contributed by atoms with Crippen molar-refractivity contribution in [1.29, 1.82) is 0 Å². The summed E-state index contributed by atoms with van der Waals surface area (Å²) in [6.07, 6.45) is 2.53. The zero-order valence-electron chi connectivity index (χ0n) is 9.01. The molecule has 0 radical (unpaired) electrons. The van der Waals surface area contributed by atoms with Gasteiger partial charge in [0.2, 0.25) is 0 Å². The molecule has 2 unspecified atom stereocenters. The van der Waals surface area contributed by atoms with E-state index in [9.17, 15) is 0 Å². The third kappa shape index (κ3) is 2.81. The number of halogens is 1. The van der Waals surface area contributed by atoms with Gasteiger partial charge in [-0.25, -0.2) is 0 Å². The molecule has 0 saturated carbocycles. The van der Waals surface area contributed by atoms with Gasteiger partial charge >= 0.3 is 0 Å².